The first-order valence-corrected chi connectivity index (χ1v) is 6.81. The average molecular weight is 325 g/mol. The highest BCUT2D eigenvalue weighted by Gasteiger charge is 2.14. The minimum atomic E-state index is -0.579. The summed E-state index contributed by atoms with van der Waals surface area (Å²) >= 11 is 11.7. The van der Waals surface area contributed by atoms with E-state index < -0.39 is 11.6 Å². The van der Waals surface area contributed by atoms with Gasteiger partial charge in [-0.25, -0.2) is 18.7 Å². The number of hydrogen-bond donors (Lipinski definition) is 0. The van der Waals surface area contributed by atoms with Gasteiger partial charge >= 0.3 is 0 Å². The van der Waals surface area contributed by atoms with Gasteiger partial charge in [-0.1, -0.05) is 29.3 Å². The Kier molecular flexibility index (Phi) is 3.51. The van der Waals surface area contributed by atoms with Crippen molar-refractivity contribution in [1.29, 1.82) is 0 Å². The summed E-state index contributed by atoms with van der Waals surface area (Å²) in [4.78, 5) is 8.34. The molecule has 2 nitrogen and oxygen atoms in total. The molecular formula is C15H8Cl2F2N2. The fraction of sp³-hybridized carbons (Fsp3) is 0.0667. The maximum atomic E-state index is 13.8. The molecule has 0 unspecified atom stereocenters. The summed E-state index contributed by atoms with van der Waals surface area (Å²) in [5.41, 5.74) is 1.58. The molecule has 106 valence electrons. The third-order valence-corrected chi connectivity index (χ3v) is 3.71. The molecule has 3 aromatic rings. The van der Waals surface area contributed by atoms with Gasteiger partial charge in [0.25, 0.3) is 0 Å². The summed E-state index contributed by atoms with van der Waals surface area (Å²) in [6.07, 6.45) is 0. The first-order chi connectivity index (χ1) is 9.97. The molecule has 0 radical (unpaired) electrons. The zero-order valence-corrected chi connectivity index (χ0v) is 12.3. The first-order valence-electron chi connectivity index (χ1n) is 6.05. The number of hydrogen-bond acceptors (Lipinski definition) is 2. The normalized spacial score (nSPS) is 11.1. The van der Waals surface area contributed by atoms with Gasteiger partial charge in [-0.05, 0) is 36.8 Å². The van der Waals surface area contributed by atoms with Crippen molar-refractivity contribution < 1.29 is 8.78 Å². The van der Waals surface area contributed by atoms with Gasteiger partial charge in [0.1, 0.15) is 16.8 Å². The quantitative estimate of drug-likeness (QED) is 0.575. The van der Waals surface area contributed by atoms with Crippen molar-refractivity contribution in [1.82, 2.24) is 9.97 Å². The fourth-order valence-electron chi connectivity index (χ4n) is 2.06. The summed E-state index contributed by atoms with van der Waals surface area (Å²) in [6.45, 7) is 1.79. The lowest BCUT2D eigenvalue weighted by Crippen LogP contribution is -1.96. The molecule has 0 saturated carbocycles. The van der Waals surface area contributed by atoms with Crippen LogP contribution >= 0.6 is 23.2 Å². The highest BCUT2D eigenvalue weighted by Crippen LogP contribution is 2.29. The van der Waals surface area contributed by atoms with Crippen LogP contribution in [0.4, 0.5) is 8.78 Å². The van der Waals surface area contributed by atoms with E-state index in [9.17, 15) is 8.78 Å². The summed E-state index contributed by atoms with van der Waals surface area (Å²) in [6, 6.07) is 7.12. The molecule has 3 rings (SSSR count). The molecule has 0 aliphatic rings. The van der Waals surface area contributed by atoms with Crippen molar-refractivity contribution in [3.63, 3.8) is 0 Å². The largest absolute Gasteiger partial charge is 0.228 e. The summed E-state index contributed by atoms with van der Waals surface area (Å²) in [7, 11) is 0. The maximum absolute atomic E-state index is 13.8. The van der Waals surface area contributed by atoms with Crippen LogP contribution < -0.4 is 0 Å². The zero-order valence-electron chi connectivity index (χ0n) is 10.8. The van der Waals surface area contributed by atoms with Gasteiger partial charge in [0.15, 0.2) is 5.82 Å². The van der Waals surface area contributed by atoms with E-state index in [4.69, 9.17) is 23.2 Å². The van der Waals surface area contributed by atoms with Crippen LogP contribution in [0.15, 0.2) is 30.3 Å². The number of benzene rings is 2. The summed E-state index contributed by atoms with van der Waals surface area (Å²) < 4.78 is 27.4. The molecule has 0 saturated heterocycles. The monoisotopic (exact) mass is 324 g/mol. The lowest BCUT2D eigenvalue weighted by molar-refractivity contribution is 0.628. The number of rotatable bonds is 1. The average Bonchev–Trinajstić information content (AvgIpc) is 2.45. The molecule has 0 N–H and O–H groups in total. The number of nitrogens with zero attached hydrogens (tertiary/aromatic N) is 2. The molecule has 0 amide bonds. The zero-order chi connectivity index (χ0) is 15.1. The van der Waals surface area contributed by atoms with Gasteiger partial charge in [0.2, 0.25) is 0 Å². The second-order valence-corrected chi connectivity index (χ2v) is 5.32. The van der Waals surface area contributed by atoms with Crippen LogP contribution in [0.2, 0.25) is 10.2 Å². The van der Waals surface area contributed by atoms with Crippen LogP contribution in [-0.2, 0) is 0 Å². The third kappa shape index (κ3) is 2.45. The van der Waals surface area contributed by atoms with Crippen LogP contribution in [0.3, 0.4) is 0 Å². The number of halogens is 4. The lowest BCUT2D eigenvalue weighted by atomic mass is 10.1. The second-order valence-electron chi connectivity index (χ2n) is 4.55. The van der Waals surface area contributed by atoms with Gasteiger partial charge in [-0.2, -0.15) is 0 Å². The summed E-state index contributed by atoms with van der Waals surface area (Å²) in [5, 5.41) is 0.161. The van der Waals surface area contributed by atoms with Gasteiger partial charge in [0.05, 0.1) is 15.9 Å². The minimum Gasteiger partial charge on any atom is -0.228 e. The second kappa shape index (κ2) is 5.20. The van der Waals surface area contributed by atoms with Gasteiger partial charge < -0.3 is 0 Å². The van der Waals surface area contributed by atoms with E-state index in [1.807, 2.05) is 0 Å². The van der Waals surface area contributed by atoms with Crippen LogP contribution in [0.5, 0.6) is 0 Å². The van der Waals surface area contributed by atoms with E-state index in [-0.39, 0.29) is 21.4 Å². The van der Waals surface area contributed by atoms with Crippen molar-refractivity contribution in [3.8, 4) is 11.4 Å². The Labute approximate surface area is 129 Å². The van der Waals surface area contributed by atoms with Crippen molar-refractivity contribution in [2.75, 3.05) is 0 Å². The number of fused-ring (bicyclic) bond motifs is 1. The Hall–Kier alpha value is -1.78. The molecule has 21 heavy (non-hydrogen) atoms. The smallest absolute Gasteiger partial charge is 0.161 e. The van der Waals surface area contributed by atoms with Crippen molar-refractivity contribution >= 4 is 34.1 Å². The molecule has 0 fully saturated rings. The van der Waals surface area contributed by atoms with Crippen molar-refractivity contribution in [2.45, 2.75) is 6.92 Å². The molecule has 1 aromatic heterocycles. The highest BCUT2D eigenvalue weighted by atomic mass is 35.5. The van der Waals surface area contributed by atoms with Crippen molar-refractivity contribution in [2.24, 2.45) is 0 Å². The number of aryl methyl sites for hydroxylation is 1. The number of aromatic nitrogens is 2. The maximum Gasteiger partial charge on any atom is 0.161 e. The molecule has 6 heteroatoms. The molecule has 0 aliphatic carbocycles. The van der Waals surface area contributed by atoms with Crippen LogP contribution in [-0.4, -0.2) is 9.97 Å². The SMILES string of the molecule is Cc1ccc(F)c2c(Cl)nc(-c3ccc(Cl)c(F)c3)nc12. The van der Waals surface area contributed by atoms with E-state index in [0.29, 0.717) is 11.1 Å². The van der Waals surface area contributed by atoms with Crippen LogP contribution in [0, 0.1) is 18.6 Å². The van der Waals surface area contributed by atoms with E-state index in [2.05, 4.69) is 9.97 Å². The molecule has 0 spiro atoms. The minimum absolute atomic E-state index is 0.00728. The molecule has 0 aliphatic heterocycles. The fourth-order valence-corrected chi connectivity index (χ4v) is 2.43. The van der Waals surface area contributed by atoms with E-state index in [1.54, 1.807) is 19.1 Å². The predicted molar refractivity (Wildman–Crippen MR) is 79.6 cm³/mol. The van der Waals surface area contributed by atoms with Crippen LogP contribution in [0.1, 0.15) is 5.56 Å². The van der Waals surface area contributed by atoms with E-state index in [0.717, 1.165) is 5.56 Å². The topological polar surface area (TPSA) is 25.8 Å². The van der Waals surface area contributed by atoms with E-state index in [1.165, 1.54) is 18.2 Å². The molecule has 2 aromatic carbocycles. The standard InChI is InChI=1S/C15H8Cl2F2N2/c1-7-2-5-10(18)12-13(7)20-15(21-14(12)17)8-3-4-9(16)11(19)6-8/h2-6H,1H3. The van der Waals surface area contributed by atoms with E-state index >= 15 is 0 Å². The molecule has 0 atom stereocenters. The Morgan fingerprint density at radius 1 is 0.952 bits per heavy atom. The highest BCUT2D eigenvalue weighted by molar-refractivity contribution is 6.34. The first kappa shape index (κ1) is 14.2. The van der Waals surface area contributed by atoms with Gasteiger partial charge in [0, 0.05) is 5.56 Å². The van der Waals surface area contributed by atoms with Gasteiger partial charge in [-0.3, -0.25) is 0 Å². The Morgan fingerprint density at radius 2 is 1.71 bits per heavy atom. The van der Waals surface area contributed by atoms with Crippen molar-refractivity contribution in [3.05, 3.63) is 57.7 Å². The Bertz CT molecular complexity index is 866. The van der Waals surface area contributed by atoms with Crippen LogP contribution in [0.25, 0.3) is 22.3 Å². The molecular weight excluding hydrogens is 317 g/mol. The molecule has 1 heterocycles. The predicted octanol–water partition coefficient (Wildman–Crippen LogP) is 5.19. The van der Waals surface area contributed by atoms with Gasteiger partial charge in [-0.15, -0.1) is 0 Å². The Balaban J connectivity index is 2.30. The lowest BCUT2D eigenvalue weighted by Gasteiger charge is -2.08. The summed E-state index contributed by atoms with van der Waals surface area (Å²) in [5.74, 6) is -0.851. The third-order valence-electron chi connectivity index (χ3n) is 3.13. The molecule has 0 bridgehead atoms. The Morgan fingerprint density at radius 3 is 2.43 bits per heavy atom.